The van der Waals surface area contributed by atoms with Gasteiger partial charge in [0.25, 0.3) is 5.91 Å². The van der Waals surface area contributed by atoms with Crippen LogP contribution in [0, 0.1) is 5.82 Å². The third kappa shape index (κ3) is 4.83. The van der Waals surface area contributed by atoms with E-state index in [9.17, 15) is 9.18 Å². The summed E-state index contributed by atoms with van der Waals surface area (Å²) in [6, 6.07) is 11.8. The molecule has 0 unspecified atom stereocenters. The van der Waals surface area contributed by atoms with Crippen molar-refractivity contribution in [3.8, 4) is 5.75 Å². The topological polar surface area (TPSA) is 41.9 Å². The summed E-state index contributed by atoms with van der Waals surface area (Å²) in [5, 5.41) is 0.727. The standard InChI is InChI=1S/C21H20BrFN2O2S/c1-3-24-21-25(4-2)20(26)19(28-21)12-15-11-16(22)7-10-18(15)27-13-14-5-8-17(23)9-6-14/h5-12H,3-4,13H2,1-2H3/b19-12+,24-21?. The van der Waals surface area contributed by atoms with E-state index in [0.717, 1.165) is 20.8 Å². The van der Waals surface area contributed by atoms with Gasteiger partial charge in [-0.1, -0.05) is 28.1 Å². The number of benzene rings is 2. The molecule has 0 spiro atoms. The smallest absolute Gasteiger partial charge is 0.266 e. The van der Waals surface area contributed by atoms with Crippen molar-refractivity contribution in [2.24, 2.45) is 4.99 Å². The molecule has 7 heteroatoms. The van der Waals surface area contributed by atoms with Crippen LogP contribution in [0.3, 0.4) is 0 Å². The van der Waals surface area contributed by atoms with Crippen LogP contribution in [0.5, 0.6) is 5.75 Å². The van der Waals surface area contributed by atoms with Crippen molar-refractivity contribution >= 4 is 44.8 Å². The summed E-state index contributed by atoms with van der Waals surface area (Å²) >= 11 is 4.85. The van der Waals surface area contributed by atoms with Crippen LogP contribution < -0.4 is 4.74 Å². The van der Waals surface area contributed by atoms with E-state index in [-0.39, 0.29) is 11.7 Å². The third-order valence-corrected chi connectivity index (χ3v) is 5.60. The average Bonchev–Trinajstić information content (AvgIpc) is 2.97. The van der Waals surface area contributed by atoms with Gasteiger partial charge in [0.05, 0.1) is 4.91 Å². The predicted molar refractivity (Wildman–Crippen MR) is 116 cm³/mol. The van der Waals surface area contributed by atoms with Gasteiger partial charge in [0.1, 0.15) is 18.2 Å². The van der Waals surface area contributed by atoms with Gasteiger partial charge in [0, 0.05) is 23.1 Å². The number of carbonyl (C=O) groups excluding carboxylic acids is 1. The summed E-state index contributed by atoms with van der Waals surface area (Å²) < 4.78 is 19.9. The monoisotopic (exact) mass is 462 g/mol. The largest absolute Gasteiger partial charge is 0.488 e. The number of amidine groups is 1. The number of ether oxygens (including phenoxy) is 1. The number of halogens is 2. The zero-order chi connectivity index (χ0) is 20.1. The Hall–Kier alpha value is -2.12. The Morgan fingerprint density at radius 2 is 1.96 bits per heavy atom. The van der Waals surface area contributed by atoms with Crippen LogP contribution in [0.15, 0.2) is 56.8 Å². The highest BCUT2D eigenvalue weighted by Gasteiger charge is 2.32. The molecule has 0 aromatic heterocycles. The first-order valence-electron chi connectivity index (χ1n) is 8.94. The molecule has 3 rings (SSSR count). The molecule has 0 N–H and O–H groups in total. The number of amides is 1. The molecule has 0 saturated carbocycles. The fourth-order valence-electron chi connectivity index (χ4n) is 2.69. The van der Waals surface area contributed by atoms with Gasteiger partial charge < -0.3 is 4.74 Å². The fourth-order valence-corrected chi connectivity index (χ4v) is 4.16. The first-order valence-corrected chi connectivity index (χ1v) is 10.6. The van der Waals surface area contributed by atoms with Crippen LogP contribution in [0.25, 0.3) is 6.08 Å². The molecule has 1 aliphatic heterocycles. The van der Waals surface area contributed by atoms with E-state index in [1.807, 2.05) is 38.1 Å². The molecular weight excluding hydrogens is 443 g/mol. The quantitative estimate of drug-likeness (QED) is 0.533. The maximum absolute atomic E-state index is 13.1. The van der Waals surface area contributed by atoms with Crippen molar-refractivity contribution in [2.45, 2.75) is 20.5 Å². The van der Waals surface area contributed by atoms with E-state index in [1.165, 1.54) is 23.9 Å². The van der Waals surface area contributed by atoms with Crippen molar-refractivity contribution in [3.05, 3.63) is 68.8 Å². The Bertz CT molecular complexity index is 929. The van der Waals surface area contributed by atoms with Gasteiger partial charge >= 0.3 is 0 Å². The molecule has 28 heavy (non-hydrogen) atoms. The van der Waals surface area contributed by atoms with E-state index in [0.29, 0.717) is 30.4 Å². The van der Waals surface area contributed by atoms with E-state index in [1.54, 1.807) is 17.0 Å². The van der Waals surface area contributed by atoms with Crippen molar-refractivity contribution in [3.63, 3.8) is 0 Å². The van der Waals surface area contributed by atoms with Crippen molar-refractivity contribution in [1.29, 1.82) is 0 Å². The van der Waals surface area contributed by atoms with Crippen molar-refractivity contribution < 1.29 is 13.9 Å². The zero-order valence-electron chi connectivity index (χ0n) is 15.6. The summed E-state index contributed by atoms with van der Waals surface area (Å²) in [6.07, 6.45) is 1.83. The van der Waals surface area contributed by atoms with E-state index in [4.69, 9.17) is 4.74 Å². The number of aliphatic imine (C=N–C) groups is 1. The summed E-state index contributed by atoms with van der Waals surface area (Å²) in [5.41, 5.74) is 1.66. The molecule has 0 aliphatic carbocycles. The molecule has 0 atom stereocenters. The maximum Gasteiger partial charge on any atom is 0.266 e. The predicted octanol–water partition coefficient (Wildman–Crippen LogP) is 5.48. The summed E-state index contributed by atoms with van der Waals surface area (Å²) in [6.45, 7) is 5.39. The van der Waals surface area contributed by atoms with Crippen LogP contribution >= 0.6 is 27.7 Å². The molecular formula is C21H20BrFN2O2S. The lowest BCUT2D eigenvalue weighted by Gasteiger charge is -2.12. The fraction of sp³-hybridized carbons (Fsp3) is 0.238. The van der Waals surface area contributed by atoms with Gasteiger partial charge in [0.2, 0.25) is 0 Å². The molecule has 0 radical (unpaired) electrons. The number of nitrogens with zero attached hydrogens (tertiary/aromatic N) is 2. The molecule has 2 aromatic carbocycles. The van der Waals surface area contributed by atoms with Crippen LogP contribution in [0.2, 0.25) is 0 Å². The second kappa shape index (κ2) is 9.39. The minimum Gasteiger partial charge on any atom is -0.488 e. The van der Waals surface area contributed by atoms with Crippen molar-refractivity contribution in [2.75, 3.05) is 13.1 Å². The lowest BCUT2D eigenvalue weighted by atomic mass is 10.1. The molecule has 1 fully saturated rings. The summed E-state index contributed by atoms with van der Waals surface area (Å²) in [4.78, 5) is 19.4. The van der Waals surface area contributed by atoms with Crippen LogP contribution in [0.1, 0.15) is 25.0 Å². The highest BCUT2D eigenvalue weighted by Crippen LogP contribution is 2.35. The Morgan fingerprint density at radius 3 is 2.64 bits per heavy atom. The molecule has 1 saturated heterocycles. The molecule has 1 amide bonds. The first-order chi connectivity index (χ1) is 13.5. The second-order valence-electron chi connectivity index (χ2n) is 6.01. The van der Waals surface area contributed by atoms with E-state index < -0.39 is 0 Å². The Kier molecular flexibility index (Phi) is 6.91. The Labute approximate surface area is 176 Å². The van der Waals surface area contributed by atoms with Gasteiger partial charge in [-0.15, -0.1) is 0 Å². The van der Waals surface area contributed by atoms with Crippen molar-refractivity contribution in [1.82, 2.24) is 4.90 Å². The van der Waals surface area contributed by atoms with Gasteiger partial charge in [-0.3, -0.25) is 14.7 Å². The third-order valence-electron chi connectivity index (χ3n) is 4.06. The number of rotatable bonds is 6. The SMILES string of the molecule is CCN=C1S/C(=C/c2cc(Br)ccc2OCc2ccc(F)cc2)C(=O)N1CC. The maximum atomic E-state index is 13.1. The number of hydrogen-bond donors (Lipinski definition) is 0. The van der Waals surface area contributed by atoms with Gasteiger partial charge in [-0.25, -0.2) is 4.39 Å². The first kappa shape index (κ1) is 20.6. The second-order valence-corrected chi connectivity index (χ2v) is 7.94. The van der Waals surface area contributed by atoms with Crippen LogP contribution in [-0.4, -0.2) is 29.1 Å². The average molecular weight is 463 g/mol. The number of hydrogen-bond acceptors (Lipinski definition) is 4. The summed E-state index contributed by atoms with van der Waals surface area (Å²) in [5.74, 6) is 0.320. The molecule has 1 heterocycles. The molecule has 0 bridgehead atoms. The minimum absolute atomic E-state index is 0.0517. The van der Waals surface area contributed by atoms with E-state index in [2.05, 4.69) is 20.9 Å². The van der Waals surface area contributed by atoms with E-state index >= 15 is 0 Å². The molecule has 1 aliphatic rings. The number of carbonyl (C=O) groups is 1. The van der Waals surface area contributed by atoms with Crippen LogP contribution in [0.4, 0.5) is 4.39 Å². The number of thioether (sulfide) groups is 1. The normalized spacial score (nSPS) is 17.0. The van der Waals surface area contributed by atoms with Gasteiger partial charge in [0.15, 0.2) is 5.17 Å². The zero-order valence-corrected chi connectivity index (χ0v) is 18.0. The number of likely N-dealkylation sites (N-methyl/N-ethyl adjacent to an activating group) is 1. The highest BCUT2D eigenvalue weighted by molar-refractivity contribution is 9.10. The molecule has 2 aromatic rings. The highest BCUT2D eigenvalue weighted by atomic mass is 79.9. The lowest BCUT2D eigenvalue weighted by Crippen LogP contribution is -2.28. The minimum atomic E-state index is -0.278. The molecule has 4 nitrogen and oxygen atoms in total. The van der Waals surface area contributed by atoms with Gasteiger partial charge in [-0.05, 0) is 67.6 Å². The summed E-state index contributed by atoms with van der Waals surface area (Å²) in [7, 11) is 0. The Balaban J connectivity index is 1.86. The van der Waals surface area contributed by atoms with Crippen LogP contribution in [-0.2, 0) is 11.4 Å². The van der Waals surface area contributed by atoms with Gasteiger partial charge in [-0.2, -0.15) is 0 Å². The molecule has 146 valence electrons. The Morgan fingerprint density at radius 1 is 1.21 bits per heavy atom. The lowest BCUT2D eigenvalue weighted by molar-refractivity contribution is -0.122.